The standard InChI is InChI=1S/C17H23ClN2O3/c1-13(14-2-4-15(18)5-3-14)19-6-8-20(9-7-19)17(21)16-12-22-10-11-23-16/h2-5,13,16H,6-12H2,1H3. The van der Waals surface area contributed by atoms with Crippen molar-refractivity contribution in [1.29, 1.82) is 0 Å². The first-order chi connectivity index (χ1) is 11.1. The highest BCUT2D eigenvalue weighted by atomic mass is 35.5. The summed E-state index contributed by atoms with van der Waals surface area (Å²) < 4.78 is 10.8. The van der Waals surface area contributed by atoms with Crippen LogP contribution in [0.3, 0.4) is 0 Å². The van der Waals surface area contributed by atoms with Gasteiger partial charge in [0.05, 0.1) is 19.8 Å². The molecule has 6 heteroatoms. The normalized spacial score (nSPS) is 24.4. The van der Waals surface area contributed by atoms with Gasteiger partial charge in [0.15, 0.2) is 6.10 Å². The largest absolute Gasteiger partial charge is 0.376 e. The summed E-state index contributed by atoms with van der Waals surface area (Å²) in [5, 5.41) is 0.756. The van der Waals surface area contributed by atoms with Gasteiger partial charge in [0.25, 0.3) is 5.91 Å². The average Bonchev–Trinajstić information content (AvgIpc) is 2.62. The molecule has 5 nitrogen and oxygen atoms in total. The fraction of sp³-hybridized carbons (Fsp3) is 0.588. The maximum atomic E-state index is 12.4. The van der Waals surface area contributed by atoms with Crippen LogP contribution in [0.15, 0.2) is 24.3 Å². The number of benzene rings is 1. The van der Waals surface area contributed by atoms with Crippen molar-refractivity contribution < 1.29 is 14.3 Å². The minimum absolute atomic E-state index is 0.0588. The van der Waals surface area contributed by atoms with Crippen LogP contribution in [0.2, 0.25) is 5.02 Å². The number of rotatable bonds is 3. The van der Waals surface area contributed by atoms with Crippen LogP contribution < -0.4 is 0 Å². The summed E-state index contributed by atoms with van der Waals surface area (Å²) >= 11 is 5.95. The average molecular weight is 339 g/mol. The van der Waals surface area contributed by atoms with E-state index < -0.39 is 6.10 Å². The SMILES string of the molecule is CC(c1ccc(Cl)cc1)N1CCN(C(=O)C2COCCO2)CC1. The number of carbonyl (C=O) groups is 1. The molecule has 2 saturated heterocycles. The van der Waals surface area contributed by atoms with Crippen molar-refractivity contribution in [2.45, 2.75) is 19.1 Å². The zero-order valence-corrected chi connectivity index (χ0v) is 14.2. The molecular weight excluding hydrogens is 316 g/mol. The molecule has 2 aliphatic heterocycles. The predicted molar refractivity (Wildman–Crippen MR) is 88.6 cm³/mol. The Kier molecular flexibility index (Phi) is 5.54. The zero-order chi connectivity index (χ0) is 16.2. The molecule has 0 radical (unpaired) electrons. The molecule has 3 rings (SSSR count). The molecule has 0 saturated carbocycles. The highest BCUT2D eigenvalue weighted by Gasteiger charge is 2.31. The van der Waals surface area contributed by atoms with Crippen molar-refractivity contribution in [3.63, 3.8) is 0 Å². The molecule has 0 spiro atoms. The molecule has 0 bridgehead atoms. The first-order valence-electron chi connectivity index (χ1n) is 8.13. The van der Waals surface area contributed by atoms with Crippen LogP contribution in [0.25, 0.3) is 0 Å². The summed E-state index contributed by atoms with van der Waals surface area (Å²) in [6.45, 7) is 6.85. The second kappa shape index (κ2) is 7.62. The Morgan fingerprint density at radius 3 is 2.48 bits per heavy atom. The molecule has 23 heavy (non-hydrogen) atoms. The van der Waals surface area contributed by atoms with E-state index in [4.69, 9.17) is 21.1 Å². The topological polar surface area (TPSA) is 42.0 Å². The lowest BCUT2D eigenvalue weighted by Gasteiger charge is -2.39. The summed E-state index contributed by atoms with van der Waals surface area (Å²) in [5.74, 6) is 0.0588. The van der Waals surface area contributed by atoms with Gasteiger partial charge in [0, 0.05) is 37.2 Å². The van der Waals surface area contributed by atoms with Crippen LogP contribution in [0.5, 0.6) is 0 Å². The van der Waals surface area contributed by atoms with Gasteiger partial charge in [-0.1, -0.05) is 23.7 Å². The molecule has 2 heterocycles. The number of nitrogens with zero attached hydrogens (tertiary/aromatic N) is 2. The van der Waals surface area contributed by atoms with Crippen LogP contribution in [-0.4, -0.2) is 67.8 Å². The second-order valence-corrected chi connectivity index (χ2v) is 6.46. The van der Waals surface area contributed by atoms with Crippen molar-refractivity contribution in [2.75, 3.05) is 46.0 Å². The molecule has 2 fully saturated rings. The Morgan fingerprint density at radius 1 is 1.17 bits per heavy atom. The third-order valence-electron chi connectivity index (χ3n) is 4.62. The fourth-order valence-electron chi connectivity index (χ4n) is 3.12. The smallest absolute Gasteiger partial charge is 0.254 e. The first kappa shape index (κ1) is 16.7. The minimum atomic E-state index is -0.427. The summed E-state index contributed by atoms with van der Waals surface area (Å²) in [4.78, 5) is 16.7. The second-order valence-electron chi connectivity index (χ2n) is 6.02. The van der Waals surface area contributed by atoms with E-state index in [0.717, 1.165) is 31.2 Å². The first-order valence-corrected chi connectivity index (χ1v) is 8.50. The number of ether oxygens (including phenoxy) is 2. The maximum absolute atomic E-state index is 12.4. The molecule has 1 amide bonds. The molecule has 0 aliphatic carbocycles. The van der Waals surface area contributed by atoms with E-state index in [1.165, 1.54) is 5.56 Å². The fourth-order valence-corrected chi connectivity index (χ4v) is 3.24. The molecule has 0 N–H and O–H groups in total. The third-order valence-corrected chi connectivity index (χ3v) is 4.87. The molecule has 0 aromatic heterocycles. The van der Waals surface area contributed by atoms with E-state index >= 15 is 0 Å². The van der Waals surface area contributed by atoms with Crippen molar-refractivity contribution >= 4 is 17.5 Å². The lowest BCUT2D eigenvalue weighted by atomic mass is 10.1. The van der Waals surface area contributed by atoms with Gasteiger partial charge in [0.1, 0.15) is 0 Å². The van der Waals surface area contributed by atoms with Crippen LogP contribution in [0, 0.1) is 0 Å². The molecule has 1 aromatic carbocycles. The van der Waals surface area contributed by atoms with Crippen molar-refractivity contribution in [2.24, 2.45) is 0 Å². The Balaban J connectivity index is 1.53. The van der Waals surface area contributed by atoms with E-state index in [-0.39, 0.29) is 5.91 Å². The molecule has 126 valence electrons. The Morgan fingerprint density at radius 2 is 1.87 bits per heavy atom. The van der Waals surface area contributed by atoms with Gasteiger partial charge in [-0.3, -0.25) is 9.69 Å². The van der Waals surface area contributed by atoms with E-state index in [0.29, 0.717) is 25.9 Å². The van der Waals surface area contributed by atoms with E-state index in [1.807, 2.05) is 17.0 Å². The van der Waals surface area contributed by atoms with Gasteiger partial charge in [-0.15, -0.1) is 0 Å². The van der Waals surface area contributed by atoms with Gasteiger partial charge in [-0.25, -0.2) is 0 Å². The monoisotopic (exact) mass is 338 g/mol. The van der Waals surface area contributed by atoms with Crippen LogP contribution in [0.4, 0.5) is 0 Å². The van der Waals surface area contributed by atoms with E-state index in [1.54, 1.807) is 0 Å². The Hall–Kier alpha value is -1.14. The van der Waals surface area contributed by atoms with Gasteiger partial charge in [-0.05, 0) is 24.6 Å². The van der Waals surface area contributed by atoms with Crippen molar-refractivity contribution in [1.82, 2.24) is 9.80 Å². The zero-order valence-electron chi connectivity index (χ0n) is 13.4. The lowest BCUT2D eigenvalue weighted by molar-refractivity contribution is -0.159. The summed E-state index contributed by atoms with van der Waals surface area (Å²) in [7, 11) is 0. The van der Waals surface area contributed by atoms with Crippen LogP contribution in [-0.2, 0) is 14.3 Å². The number of piperazine rings is 1. The number of hydrogen-bond donors (Lipinski definition) is 0. The highest BCUT2D eigenvalue weighted by molar-refractivity contribution is 6.30. The Labute approximate surface area is 142 Å². The van der Waals surface area contributed by atoms with E-state index in [2.05, 4.69) is 24.0 Å². The minimum Gasteiger partial charge on any atom is -0.376 e. The molecule has 2 aliphatic rings. The molecule has 1 aromatic rings. The molecular formula is C17H23ClN2O3. The number of amides is 1. The number of halogens is 1. The number of hydrogen-bond acceptors (Lipinski definition) is 4. The third kappa shape index (κ3) is 4.04. The van der Waals surface area contributed by atoms with Gasteiger partial charge < -0.3 is 14.4 Å². The predicted octanol–water partition coefficient (Wildman–Crippen LogP) is 1.96. The van der Waals surface area contributed by atoms with Crippen molar-refractivity contribution in [3.05, 3.63) is 34.9 Å². The highest BCUT2D eigenvalue weighted by Crippen LogP contribution is 2.23. The summed E-state index contributed by atoms with van der Waals surface area (Å²) in [5.41, 5.74) is 1.25. The quantitative estimate of drug-likeness (QED) is 0.845. The van der Waals surface area contributed by atoms with Crippen LogP contribution >= 0.6 is 11.6 Å². The lowest BCUT2D eigenvalue weighted by Crippen LogP contribution is -2.53. The van der Waals surface area contributed by atoms with Gasteiger partial charge in [0.2, 0.25) is 0 Å². The number of carbonyl (C=O) groups excluding carboxylic acids is 1. The van der Waals surface area contributed by atoms with Crippen molar-refractivity contribution in [3.8, 4) is 0 Å². The van der Waals surface area contributed by atoms with E-state index in [9.17, 15) is 4.79 Å². The maximum Gasteiger partial charge on any atom is 0.254 e. The van der Waals surface area contributed by atoms with Gasteiger partial charge >= 0.3 is 0 Å². The molecule has 2 atom stereocenters. The van der Waals surface area contributed by atoms with Gasteiger partial charge in [-0.2, -0.15) is 0 Å². The van der Waals surface area contributed by atoms with Crippen LogP contribution in [0.1, 0.15) is 18.5 Å². The Bertz CT molecular complexity index is 523. The summed E-state index contributed by atoms with van der Waals surface area (Å²) in [6.07, 6.45) is -0.427. The summed E-state index contributed by atoms with van der Waals surface area (Å²) in [6, 6.07) is 8.30. The molecule has 2 unspecified atom stereocenters.